The molecule has 0 bridgehead atoms. The van der Waals surface area contributed by atoms with Gasteiger partial charge in [-0.3, -0.25) is 0 Å². The van der Waals surface area contributed by atoms with E-state index in [9.17, 15) is 5.11 Å². The summed E-state index contributed by atoms with van der Waals surface area (Å²) < 4.78 is 5.53. The number of benzene rings is 2. The minimum absolute atomic E-state index is 0.294. The highest BCUT2D eigenvalue weighted by Crippen LogP contribution is 2.17. The number of rotatable bonds is 6. The molecule has 0 fully saturated rings. The Bertz CT molecular complexity index is 508. The third-order valence-corrected chi connectivity index (χ3v) is 2.73. The Hall–Kier alpha value is -2.16. The topological polar surface area (TPSA) is 41.5 Å². The van der Waals surface area contributed by atoms with Crippen LogP contribution in [0.4, 0.5) is 5.69 Å². The Kier molecular flexibility index (Phi) is 4.67. The lowest BCUT2D eigenvalue weighted by molar-refractivity contribution is 0.317. The summed E-state index contributed by atoms with van der Waals surface area (Å²) in [6, 6.07) is 15.1. The zero-order chi connectivity index (χ0) is 13.5. The fraction of sp³-hybridized carbons (Fsp3) is 0.250. The first-order valence-corrected chi connectivity index (χ1v) is 6.52. The van der Waals surface area contributed by atoms with Crippen LogP contribution < -0.4 is 10.1 Å². The Morgan fingerprint density at radius 2 is 1.89 bits per heavy atom. The van der Waals surface area contributed by atoms with Gasteiger partial charge in [-0.05, 0) is 48.4 Å². The molecule has 2 N–H and O–H groups in total. The lowest BCUT2D eigenvalue weighted by Crippen LogP contribution is -1.99. The number of ether oxygens (including phenoxy) is 1. The van der Waals surface area contributed by atoms with Crippen LogP contribution in [0.3, 0.4) is 0 Å². The van der Waals surface area contributed by atoms with Gasteiger partial charge in [0.05, 0.1) is 6.61 Å². The standard InChI is InChI=1S/C16H19NO2/c1-2-10-19-16-8-6-14(7-9-16)17-12-13-4-3-5-15(18)11-13/h3-9,11,17-18H,2,10,12H2,1H3. The molecule has 2 aromatic rings. The van der Waals surface area contributed by atoms with Crippen molar-refractivity contribution >= 4 is 5.69 Å². The van der Waals surface area contributed by atoms with Crippen LogP contribution in [0.2, 0.25) is 0 Å². The van der Waals surface area contributed by atoms with Crippen LogP contribution in [0.5, 0.6) is 11.5 Å². The molecule has 0 atom stereocenters. The predicted molar refractivity (Wildman–Crippen MR) is 77.7 cm³/mol. The first-order valence-electron chi connectivity index (χ1n) is 6.52. The second-order valence-corrected chi connectivity index (χ2v) is 4.40. The van der Waals surface area contributed by atoms with E-state index in [0.717, 1.165) is 30.0 Å². The Morgan fingerprint density at radius 3 is 2.58 bits per heavy atom. The number of anilines is 1. The van der Waals surface area contributed by atoms with E-state index in [0.29, 0.717) is 12.3 Å². The van der Waals surface area contributed by atoms with Crippen molar-refractivity contribution in [3.8, 4) is 11.5 Å². The van der Waals surface area contributed by atoms with E-state index >= 15 is 0 Å². The molecule has 3 nitrogen and oxygen atoms in total. The van der Waals surface area contributed by atoms with Crippen molar-refractivity contribution in [2.45, 2.75) is 19.9 Å². The van der Waals surface area contributed by atoms with Gasteiger partial charge in [0.2, 0.25) is 0 Å². The van der Waals surface area contributed by atoms with Gasteiger partial charge in [-0.1, -0.05) is 19.1 Å². The molecule has 2 rings (SSSR count). The van der Waals surface area contributed by atoms with Crippen molar-refractivity contribution in [1.29, 1.82) is 0 Å². The molecule has 3 heteroatoms. The smallest absolute Gasteiger partial charge is 0.119 e. The van der Waals surface area contributed by atoms with Gasteiger partial charge in [0, 0.05) is 12.2 Å². The van der Waals surface area contributed by atoms with E-state index in [-0.39, 0.29) is 0 Å². The molecule has 0 aliphatic rings. The molecule has 19 heavy (non-hydrogen) atoms. The van der Waals surface area contributed by atoms with Crippen molar-refractivity contribution < 1.29 is 9.84 Å². The van der Waals surface area contributed by atoms with Gasteiger partial charge in [-0.25, -0.2) is 0 Å². The molecule has 0 saturated heterocycles. The van der Waals surface area contributed by atoms with Crippen molar-refractivity contribution in [2.75, 3.05) is 11.9 Å². The lowest BCUT2D eigenvalue weighted by Gasteiger charge is -2.08. The third-order valence-electron chi connectivity index (χ3n) is 2.73. The molecule has 0 radical (unpaired) electrons. The second-order valence-electron chi connectivity index (χ2n) is 4.40. The maximum atomic E-state index is 9.38. The minimum atomic E-state index is 0.294. The van der Waals surface area contributed by atoms with E-state index in [1.165, 1.54) is 0 Å². The summed E-state index contributed by atoms with van der Waals surface area (Å²) in [7, 11) is 0. The number of phenols is 1. The third kappa shape index (κ3) is 4.21. The summed E-state index contributed by atoms with van der Waals surface area (Å²) in [5.41, 5.74) is 2.08. The fourth-order valence-electron chi connectivity index (χ4n) is 1.76. The summed E-state index contributed by atoms with van der Waals surface area (Å²) in [6.45, 7) is 3.52. The molecule has 0 aliphatic heterocycles. The summed E-state index contributed by atoms with van der Waals surface area (Å²) in [5.74, 6) is 1.19. The van der Waals surface area contributed by atoms with Crippen LogP contribution in [0.25, 0.3) is 0 Å². The van der Waals surface area contributed by atoms with Gasteiger partial charge >= 0.3 is 0 Å². The van der Waals surface area contributed by atoms with Gasteiger partial charge in [0.15, 0.2) is 0 Å². The molecule has 0 aromatic heterocycles. The summed E-state index contributed by atoms with van der Waals surface area (Å²) in [6.07, 6.45) is 1.01. The van der Waals surface area contributed by atoms with Crippen molar-refractivity contribution in [2.24, 2.45) is 0 Å². The second kappa shape index (κ2) is 6.69. The number of hydrogen-bond acceptors (Lipinski definition) is 3. The van der Waals surface area contributed by atoms with Gasteiger partial charge in [0.1, 0.15) is 11.5 Å². The normalized spacial score (nSPS) is 10.2. The number of hydrogen-bond donors (Lipinski definition) is 2. The Morgan fingerprint density at radius 1 is 1.11 bits per heavy atom. The molecule has 0 unspecified atom stereocenters. The summed E-state index contributed by atoms with van der Waals surface area (Å²) in [5, 5.41) is 12.7. The van der Waals surface area contributed by atoms with E-state index in [2.05, 4.69) is 12.2 Å². The maximum Gasteiger partial charge on any atom is 0.119 e. The molecular formula is C16H19NO2. The highest BCUT2D eigenvalue weighted by Gasteiger charge is 1.97. The van der Waals surface area contributed by atoms with Crippen molar-refractivity contribution in [3.05, 3.63) is 54.1 Å². The van der Waals surface area contributed by atoms with Crippen molar-refractivity contribution in [1.82, 2.24) is 0 Å². The molecule has 100 valence electrons. The molecule has 0 aliphatic carbocycles. The van der Waals surface area contributed by atoms with Crippen molar-refractivity contribution in [3.63, 3.8) is 0 Å². The van der Waals surface area contributed by atoms with Crippen LogP contribution in [-0.2, 0) is 6.54 Å². The van der Waals surface area contributed by atoms with Crippen LogP contribution in [-0.4, -0.2) is 11.7 Å². The summed E-state index contributed by atoms with van der Waals surface area (Å²) in [4.78, 5) is 0. The highest BCUT2D eigenvalue weighted by atomic mass is 16.5. The molecule has 0 saturated carbocycles. The number of nitrogens with one attached hydrogen (secondary N) is 1. The van der Waals surface area contributed by atoms with Gasteiger partial charge < -0.3 is 15.2 Å². The van der Waals surface area contributed by atoms with E-state index in [4.69, 9.17) is 4.74 Å². The summed E-state index contributed by atoms with van der Waals surface area (Å²) >= 11 is 0. The first-order chi connectivity index (χ1) is 9.28. The fourth-order valence-corrected chi connectivity index (χ4v) is 1.76. The number of phenolic OH excluding ortho intramolecular Hbond substituents is 1. The molecule has 0 spiro atoms. The Labute approximate surface area is 113 Å². The lowest BCUT2D eigenvalue weighted by atomic mass is 10.2. The van der Waals surface area contributed by atoms with Gasteiger partial charge in [0.25, 0.3) is 0 Å². The van der Waals surface area contributed by atoms with E-state index < -0.39 is 0 Å². The van der Waals surface area contributed by atoms with Crippen LogP contribution >= 0.6 is 0 Å². The maximum absolute atomic E-state index is 9.38. The highest BCUT2D eigenvalue weighted by molar-refractivity contribution is 5.47. The zero-order valence-corrected chi connectivity index (χ0v) is 11.1. The van der Waals surface area contributed by atoms with E-state index in [1.807, 2.05) is 36.4 Å². The average molecular weight is 257 g/mol. The SMILES string of the molecule is CCCOc1ccc(NCc2cccc(O)c2)cc1. The predicted octanol–water partition coefficient (Wildman–Crippen LogP) is 3.79. The number of aromatic hydroxyl groups is 1. The average Bonchev–Trinajstić information content (AvgIpc) is 2.44. The van der Waals surface area contributed by atoms with Gasteiger partial charge in [-0.15, -0.1) is 0 Å². The van der Waals surface area contributed by atoms with Crippen LogP contribution in [0.15, 0.2) is 48.5 Å². The quantitative estimate of drug-likeness (QED) is 0.827. The molecule has 2 aromatic carbocycles. The molecule has 0 amide bonds. The monoisotopic (exact) mass is 257 g/mol. The van der Waals surface area contributed by atoms with Crippen LogP contribution in [0.1, 0.15) is 18.9 Å². The first kappa shape index (κ1) is 13.3. The zero-order valence-electron chi connectivity index (χ0n) is 11.1. The minimum Gasteiger partial charge on any atom is -0.508 e. The Balaban J connectivity index is 1.89. The van der Waals surface area contributed by atoms with Gasteiger partial charge in [-0.2, -0.15) is 0 Å². The van der Waals surface area contributed by atoms with E-state index in [1.54, 1.807) is 12.1 Å². The van der Waals surface area contributed by atoms with Crippen LogP contribution in [0, 0.1) is 0 Å². The molecular weight excluding hydrogens is 238 g/mol. The molecule has 0 heterocycles. The largest absolute Gasteiger partial charge is 0.508 e.